The predicted octanol–water partition coefficient (Wildman–Crippen LogP) is 0.128. The summed E-state index contributed by atoms with van der Waals surface area (Å²) in [5.41, 5.74) is 0.889. The minimum absolute atomic E-state index is 0.125. The lowest BCUT2D eigenvalue weighted by Crippen LogP contribution is -2.44. The molecule has 2 heterocycles. The fraction of sp³-hybridized carbons (Fsp3) is 0.500. The Hall–Kier alpha value is -1.63. The molecule has 2 saturated heterocycles. The van der Waals surface area contributed by atoms with E-state index in [0.717, 1.165) is 5.56 Å². The highest BCUT2D eigenvalue weighted by molar-refractivity contribution is 5.69. The van der Waals surface area contributed by atoms with Crippen molar-refractivity contribution in [2.45, 2.75) is 31.0 Å². The Kier molecular flexibility index (Phi) is 3.60. The summed E-state index contributed by atoms with van der Waals surface area (Å²) in [6.07, 6.45) is -2.61. The van der Waals surface area contributed by atoms with Gasteiger partial charge in [-0.25, -0.2) is 4.79 Å². The molecule has 0 aliphatic carbocycles. The molecule has 2 aliphatic heterocycles. The van der Waals surface area contributed by atoms with Crippen LogP contribution in [0.2, 0.25) is 0 Å². The average Bonchev–Trinajstić information content (AvgIpc) is 3.00. The van der Waals surface area contributed by atoms with Gasteiger partial charge in [-0.05, 0) is 5.56 Å². The maximum absolute atomic E-state index is 12.1. The van der Waals surface area contributed by atoms with Gasteiger partial charge in [-0.2, -0.15) is 0 Å². The fourth-order valence-corrected chi connectivity index (χ4v) is 2.78. The Morgan fingerprint density at radius 3 is 2.80 bits per heavy atom. The van der Waals surface area contributed by atoms with Crippen molar-refractivity contribution in [1.29, 1.82) is 0 Å². The van der Waals surface area contributed by atoms with Crippen molar-refractivity contribution in [3.63, 3.8) is 0 Å². The molecule has 1 aromatic carbocycles. The summed E-state index contributed by atoms with van der Waals surface area (Å²) in [6, 6.07) is 8.83. The van der Waals surface area contributed by atoms with Crippen LogP contribution in [0.1, 0.15) is 5.56 Å². The van der Waals surface area contributed by atoms with Gasteiger partial charge < -0.3 is 19.7 Å². The largest absolute Gasteiger partial charge is 0.445 e. The van der Waals surface area contributed by atoms with Gasteiger partial charge in [0.2, 0.25) is 0 Å². The van der Waals surface area contributed by atoms with E-state index in [0.29, 0.717) is 0 Å². The first kappa shape index (κ1) is 13.4. The fourth-order valence-electron chi connectivity index (χ4n) is 2.78. The molecule has 6 nitrogen and oxygen atoms in total. The highest BCUT2D eigenvalue weighted by Gasteiger charge is 2.52. The van der Waals surface area contributed by atoms with Gasteiger partial charge in [0, 0.05) is 0 Å². The molecule has 2 aliphatic rings. The molecule has 0 unspecified atom stereocenters. The second kappa shape index (κ2) is 5.40. The average molecular weight is 279 g/mol. The SMILES string of the molecule is O=C(OCc1ccccc1)N1C[C@@H](O)[C@H]2OC[C@H](O)[C@H]21. The zero-order valence-electron chi connectivity index (χ0n) is 10.9. The molecule has 1 amide bonds. The second-order valence-electron chi connectivity index (χ2n) is 5.12. The van der Waals surface area contributed by atoms with Crippen LogP contribution in [-0.2, 0) is 16.1 Å². The minimum Gasteiger partial charge on any atom is -0.445 e. The van der Waals surface area contributed by atoms with Crippen molar-refractivity contribution >= 4 is 6.09 Å². The van der Waals surface area contributed by atoms with Crippen molar-refractivity contribution in [3.05, 3.63) is 35.9 Å². The molecule has 3 rings (SSSR count). The van der Waals surface area contributed by atoms with E-state index in [2.05, 4.69) is 0 Å². The van der Waals surface area contributed by atoms with Crippen LogP contribution in [0.25, 0.3) is 0 Å². The van der Waals surface area contributed by atoms with E-state index in [-0.39, 0.29) is 19.8 Å². The Labute approximate surface area is 116 Å². The Balaban J connectivity index is 1.62. The highest BCUT2D eigenvalue weighted by atomic mass is 16.6. The molecular formula is C14H17NO5. The molecule has 2 N–H and O–H groups in total. The maximum Gasteiger partial charge on any atom is 0.410 e. The number of rotatable bonds is 2. The van der Waals surface area contributed by atoms with Gasteiger partial charge in [0.05, 0.1) is 25.3 Å². The second-order valence-corrected chi connectivity index (χ2v) is 5.12. The van der Waals surface area contributed by atoms with Gasteiger partial charge in [0.1, 0.15) is 18.8 Å². The van der Waals surface area contributed by atoms with E-state index in [4.69, 9.17) is 9.47 Å². The van der Waals surface area contributed by atoms with E-state index in [1.807, 2.05) is 30.3 Å². The van der Waals surface area contributed by atoms with Gasteiger partial charge in [0.25, 0.3) is 0 Å². The number of β-amino-alcohol motifs (C(OH)–C–C–N with tert-alkyl or cyclic N) is 1. The molecule has 1 aromatic rings. The lowest BCUT2D eigenvalue weighted by atomic mass is 10.1. The number of fused-ring (bicyclic) bond motifs is 1. The number of hydrogen-bond donors (Lipinski definition) is 2. The Morgan fingerprint density at radius 2 is 2.05 bits per heavy atom. The van der Waals surface area contributed by atoms with Crippen molar-refractivity contribution in [2.75, 3.05) is 13.2 Å². The first-order valence-corrected chi connectivity index (χ1v) is 6.62. The number of amides is 1. The normalized spacial score (nSPS) is 32.2. The lowest BCUT2D eigenvalue weighted by molar-refractivity contribution is 0.0124. The van der Waals surface area contributed by atoms with Gasteiger partial charge in [0.15, 0.2) is 0 Å². The quantitative estimate of drug-likeness (QED) is 0.804. The van der Waals surface area contributed by atoms with Crippen LogP contribution in [-0.4, -0.2) is 58.7 Å². The summed E-state index contributed by atoms with van der Waals surface area (Å²) in [5, 5.41) is 19.7. The van der Waals surface area contributed by atoms with E-state index in [1.54, 1.807) is 0 Å². The Bertz CT molecular complexity index is 480. The van der Waals surface area contributed by atoms with Crippen molar-refractivity contribution in [3.8, 4) is 0 Å². The number of carbonyl (C=O) groups excluding carboxylic acids is 1. The van der Waals surface area contributed by atoms with E-state index >= 15 is 0 Å². The molecule has 6 heteroatoms. The first-order valence-electron chi connectivity index (χ1n) is 6.62. The van der Waals surface area contributed by atoms with Gasteiger partial charge in [-0.15, -0.1) is 0 Å². The minimum atomic E-state index is -0.776. The molecule has 108 valence electrons. The summed E-state index contributed by atoms with van der Waals surface area (Å²) in [6.45, 7) is 0.426. The zero-order valence-corrected chi connectivity index (χ0v) is 10.9. The van der Waals surface area contributed by atoms with Gasteiger partial charge >= 0.3 is 6.09 Å². The van der Waals surface area contributed by atoms with Crippen LogP contribution < -0.4 is 0 Å². The van der Waals surface area contributed by atoms with Crippen molar-refractivity contribution < 1.29 is 24.5 Å². The van der Waals surface area contributed by atoms with Crippen LogP contribution in [0.5, 0.6) is 0 Å². The molecular weight excluding hydrogens is 262 g/mol. The summed E-state index contributed by atoms with van der Waals surface area (Å²) in [4.78, 5) is 13.4. The molecule has 0 saturated carbocycles. The summed E-state index contributed by atoms with van der Waals surface area (Å²) in [7, 11) is 0. The maximum atomic E-state index is 12.1. The van der Waals surface area contributed by atoms with Crippen LogP contribution in [0.4, 0.5) is 4.79 Å². The number of ether oxygens (including phenoxy) is 2. The van der Waals surface area contributed by atoms with E-state index < -0.39 is 30.4 Å². The van der Waals surface area contributed by atoms with E-state index in [9.17, 15) is 15.0 Å². The summed E-state index contributed by atoms with van der Waals surface area (Å²) in [5.74, 6) is 0. The number of hydrogen-bond acceptors (Lipinski definition) is 5. The number of aliphatic hydroxyl groups excluding tert-OH is 2. The topological polar surface area (TPSA) is 79.2 Å². The number of carbonyl (C=O) groups is 1. The molecule has 2 fully saturated rings. The smallest absolute Gasteiger partial charge is 0.410 e. The van der Waals surface area contributed by atoms with Crippen LogP contribution in [0, 0.1) is 0 Å². The first-order chi connectivity index (χ1) is 9.66. The molecule has 20 heavy (non-hydrogen) atoms. The standard InChI is InChI=1S/C14H17NO5/c16-10-6-15(12-11(17)8-19-13(10)12)14(18)20-7-9-4-2-1-3-5-9/h1-5,10-13,16-17H,6-8H2/t10-,11+,12-,13-/m1/s1. The molecule has 0 spiro atoms. The number of nitrogens with zero attached hydrogens (tertiary/aromatic N) is 1. The van der Waals surface area contributed by atoms with Crippen LogP contribution >= 0.6 is 0 Å². The van der Waals surface area contributed by atoms with Crippen molar-refractivity contribution in [2.24, 2.45) is 0 Å². The van der Waals surface area contributed by atoms with Crippen LogP contribution in [0.3, 0.4) is 0 Å². The number of benzene rings is 1. The number of aliphatic hydroxyl groups is 2. The number of likely N-dealkylation sites (tertiary alicyclic amines) is 1. The third kappa shape index (κ3) is 2.37. The van der Waals surface area contributed by atoms with E-state index in [1.165, 1.54) is 4.90 Å². The highest BCUT2D eigenvalue weighted by Crippen LogP contribution is 2.30. The third-order valence-electron chi connectivity index (χ3n) is 3.75. The van der Waals surface area contributed by atoms with Gasteiger partial charge in [-0.1, -0.05) is 30.3 Å². The lowest BCUT2D eigenvalue weighted by Gasteiger charge is -2.24. The van der Waals surface area contributed by atoms with Gasteiger partial charge in [-0.3, -0.25) is 4.90 Å². The summed E-state index contributed by atoms with van der Waals surface area (Å²) < 4.78 is 10.5. The Morgan fingerprint density at radius 1 is 1.30 bits per heavy atom. The zero-order chi connectivity index (χ0) is 14.1. The predicted molar refractivity (Wildman–Crippen MR) is 68.9 cm³/mol. The third-order valence-corrected chi connectivity index (χ3v) is 3.75. The summed E-state index contributed by atoms with van der Waals surface area (Å²) >= 11 is 0. The molecule has 0 radical (unpaired) electrons. The van der Waals surface area contributed by atoms with Crippen molar-refractivity contribution in [1.82, 2.24) is 4.90 Å². The molecule has 4 atom stereocenters. The van der Waals surface area contributed by atoms with Crippen LogP contribution in [0.15, 0.2) is 30.3 Å². The monoisotopic (exact) mass is 279 g/mol. The molecule has 0 aromatic heterocycles. The molecule has 0 bridgehead atoms.